The Morgan fingerprint density at radius 3 is 2.78 bits per heavy atom. The molecule has 1 aliphatic rings. The highest BCUT2D eigenvalue weighted by molar-refractivity contribution is 5.34. The van der Waals surface area contributed by atoms with Gasteiger partial charge in [-0.3, -0.25) is 15.0 Å². The minimum atomic E-state index is -0.330. The van der Waals surface area contributed by atoms with Crippen molar-refractivity contribution in [3.63, 3.8) is 0 Å². The summed E-state index contributed by atoms with van der Waals surface area (Å²) in [6.45, 7) is 5.95. The van der Waals surface area contributed by atoms with Crippen molar-refractivity contribution in [2.24, 2.45) is 5.92 Å². The van der Waals surface area contributed by atoms with Crippen LogP contribution in [0.3, 0.4) is 0 Å². The van der Waals surface area contributed by atoms with Gasteiger partial charge in [0.2, 0.25) is 0 Å². The van der Waals surface area contributed by atoms with E-state index in [0.29, 0.717) is 5.92 Å². The number of hydrogen-bond acceptors (Lipinski definition) is 4. The first kappa shape index (κ1) is 15.7. The summed E-state index contributed by atoms with van der Waals surface area (Å²) < 4.78 is 2.22. The van der Waals surface area contributed by atoms with Gasteiger partial charge in [0.15, 0.2) is 0 Å². The molecule has 2 aromatic rings. The van der Waals surface area contributed by atoms with Crippen molar-refractivity contribution in [3.8, 4) is 0 Å². The van der Waals surface area contributed by atoms with E-state index in [0.717, 1.165) is 50.4 Å². The summed E-state index contributed by atoms with van der Waals surface area (Å²) in [6.07, 6.45) is 6.22. The summed E-state index contributed by atoms with van der Waals surface area (Å²) in [6, 6.07) is 6.96. The van der Waals surface area contributed by atoms with Gasteiger partial charge in [0.1, 0.15) is 5.82 Å². The third-order valence-corrected chi connectivity index (χ3v) is 4.61. The molecule has 1 saturated heterocycles. The number of nitro groups is 1. The summed E-state index contributed by atoms with van der Waals surface area (Å²) >= 11 is 0. The van der Waals surface area contributed by atoms with Crippen molar-refractivity contribution < 1.29 is 4.92 Å². The Morgan fingerprint density at radius 2 is 2.13 bits per heavy atom. The number of aryl methyl sites for hydroxylation is 1. The van der Waals surface area contributed by atoms with Gasteiger partial charge < -0.3 is 4.57 Å². The number of nitrogens with zero attached hydrogens (tertiary/aromatic N) is 4. The fourth-order valence-corrected chi connectivity index (χ4v) is 3.23. The molecule has 122 valence electrons. The maximum Gasteiger partial charge on any atom is 0.269 e. The minimum Gasteiger partial charge on any atom is -0.335 e. The van der Waals surface area contributed by atoms with Gasteiger partial charge in [0.05, 0.1) is 4.92 Å². The number of aromatic nitrogens is 2. The SMILES string of the molecule is Cc1nccn1CC1CCN(Cc2cccc([N+](=O)[O-])c2)CC1. The Bertz CT molecular complexity index is 675. The van der Waals surface area contributed by atoms with Crippen molar-refractivity contribution in [2.45, 2.75) is 32.9 Å². The molecule has 0 aliphatic carbocycles. The topological polar surface area (TPSA) is 64.2 Å². The summed E-state index contributed by atoms with van der Waals surface area (Å²) in [4.78, 5) is 17.2. The second-order valence-electron chi connectivity index (χ2n) is 6.27. The third-order valence-electron chi connectivity index (χ3n) is 4.61. The van der Waals surface area contributed by atoms with E-state index < -0.39 is 0 Å². The molecule has 0 atom stereocenters. The van der Waals surface area contributed by atoms with Crippen molar-refractivity contribution in [2.75, 3.05) is 13.1 Å². The molecule has 6 heteroatoms. The van der Waals surface area contributed by atoms with Crippen LogP contribution in [-0.4, -0.2) is 32.5 Å². The van der Waals surface area contributed by atoms with Gasteiger partial charge in [0, 0.05) is 37.6 Å². The van der Waals surface area contributed by atoms with Crippen molar-refractivity contribution in [1.82, 2.24) is 14.5 Å². The van der Waals surface area contributed by atoms with E-state index in [2.05, 4.69) is 14.5 Å². The second-order valence-corrected chi connectivity index (χ2v) is 6.27. The van der Waals surface area contributed by atoms with Crippen LogP contribution in [0.25, 0.3) is 0 Å². The molecule has 2 heterocycles. The number of likely N-dealkylation sites (tertiary alicyclic amines) is 1. The predicted molar refractivity (Wildman–Crippen MR) is 88.1 cm³/mol. The highest BCUT2D eigenvalue weighted by atomic mass is 16.6. The van der Waals surface area contributed by atoms with Gasteiger partial charge in [-0.25, -0.2) is 4.98 Å². The molecule has 0 spiro atoms. The van der Waals surface area contributed by atoms with Gasteiger partial charge in [-0.2, -0.15) is 0 Å². The monoisotopic (exact) mass is 314 g/mol. The van der Waals surface area contributed by atoms with Crippen LogP contribution in [-0.2, 0) is 13.1 Å². The lowest BCUT2D eigenvalue weighted by molar-refractivity contribution is -0.384. The van der Waals surface area contributed by atoms with Gasteiger partial charge in [-0.05, 0) is 44.3 Å². The van der Waals surface area contributed by atoms with Crippen molar-refractivity contribution in [1.29, 1.82) is 0 Å². The molecule has 0 amide bonds. The van der Waals surface area contributed by atoms with Crippen LogP contribution >= 0.6 is 0 Å². The molecule has 1 aromatic carbocycles. The van der Waals surface area contributed by atoms with Crippen LogP contribution in [0.1, 0.15) is 24.2 Å². The van der Waals surface area contributed by atoms with E-state index in [1.54, 1.807) is 18.2 Å². The number of imidazole rings is 1. The van der Waals surface area contributed by atoms with Crippen molar-refractivity contribution in [3.05, 3.63) is 58.2 Å². The molecule has 1 aliphatic heterocycles. The van der Waals surface area contributed by atoms with Gasteiger partial charge >= 0.3 is 0 Å². The van der Waals surface area contributed by atoms with Crippen LogP contribution in [0, 0.1) is 23.0 Å². The average Bonchev–Trinajstić information content (AvgIpc) is 2.95. The molecular formula is C17H22N4O2. The van der Waals surface area contributed by atoms with Crippen LogP contribution in [0.2, 0.25) is 0 Å². The molecular weight excluding hydrogens is 292 g/mol. The quantitative estimate of drug-likeness (QED) is 0.628. The number of rotatable bonds is 5. The normalized spacial score (nSPS) is 16.6. The fourth-order valence-electron chi connectivity index (χ4n) is 3.23. The smallest absolute Gasteiger partial charge is 0.269 e. The van der Waals surface area contributed by atoms with E-state index in [9.17, 15) is 10.1 Å². The molecule has 23 heavy (non-hydrogen) atoms. The van der Waals surface area contributed by atoms with Gasteiger partial charge in [0.25, 0.3) is 5.69 Å². The Kier molecular flexibility index (Phi) is 4.71. The van der Waals surface area contributed by atoms with Gasteiger partial charge in [-0.15, -0.1) is 0 Å². The first-order chi connectivity index (χ1) is 11.1. The summed E-state index contributed by atoms with van der Waals surface area (Å²) in [5, 5.41) is 10.9. The number of hydrogen-bond donors (Lipinski definition) is 0. The summed E-state index contributed by atoms with van der Waals surface area (Å²) in [5.41, 5.74) is 1.19. The Morgan fingerprint density at radius 1 is 1.35 bits per heavy atom. The van der Waals surface area contributed by atoms with E-state index >= 15 is 0 Å². The molecule has 1 aromatic heterocycles. The molecule has 0 N–H and O–H groups in total. The average molecular weight is 314 g/mol. The number of nitro benzene ring substituents is 1. The first-order valence-corrected chi connectivity index (χ1v) is 8.05. The third kappa shape index (κ3) is 3.96. The highest BCUT2D eigenvalue weighted by Crippen LogP contribution is 2.22. The predicted octanol–water partition coefficient (Wildman–Crippen LogP) is 3.01. The zero-order valence-corrected chi connectivity index (χ0v) is 13.4. The number of benzene rings is 1. The number of non-ortho nitro benzene ring substituents is 1. The maximum atomic E-state index is 10.9. The van der Waals surface area contributed by atoms with Crippen LogP contribution in [0.5, 0.6) is 0 Å². The molecule has 3 rings (SSSR count). The maximum absolute atomic E-state index is 10.9. The molecule has 0 radical (unpaired) electrons. The summed E-state index contributed by atoms with van der Waals surface area (Å²) in [7, 11) is 0. The number of piperidine rings is 1. The van der Waals surface area contributed by atoms with Crippen molar-refractivity contribution >= 4 is 5.69 Å². The Hall–Kier alpha value is -2.21. The first-order valence-electron chi connectivity index (χ1n) is 8.05. The highest BCUT2D eigenvalue weighted by Gasteiger charge is 2.20. The Labute approximate surface area is 135 Å². The minimum absolute atomic E-state index is 0.174. The zero-order valence-electron chi connectivity index (χ0n) is 13.4. The molecule has 6 nitrogen and oxygen atoms in total. The molecule has 0 unspecified atom stereocenters. The molecule has 0 bridgehead atoms. The van der Waals surface area contributed by atoms with Crippen LogP contribution < -0.4 is 0 Å². The lowest BCUT2D eigenvalue weighted by Crippen LogP contribution is -2.34. The van der Waals surface area contributed by atoms with E-state index in [1.807, 2.05) is 25.4 Å². The fraction of sp³-hybridized carbons (Fsp3) is 0.471. The Balaban J connectivity index is 1.52. The lowest BCUT2D eigenvalue weighted by atomic mass is 9.96. The largest absolute Gasteiger partial charge is 0.335 e. The van der Waals surface area contributed by atoms with Crippen LogP contribution in [0.15, 0.2) is 36.7 Å². The summed E-state index contributed by atoms with van der Waals surface area (Å²) in [5.74, 6) is 1.76. The van der Waals surface area contributed by atoms with Gasteiger partial charge in [-0.1, -0.05) is 12.1 Å². The van der Waals surface area contributed by atoms with E-state index in [4.69, 9.17) is 0 Å². The second kappa shape index (κ2) is 6.91. The zero-order chi connectivity index (χ0) is 16.2. The molecule has 1 fully saturated rings. The lowest BCUT2D eigenvalue weighted by Gasteiger charge is -2.32. The standard InChI is InChI=1S/C17H22N4O2/c1-14-18-7-10-20(14)13-15-5-8-19(9-6-15)12-16-3-2-4-17(11-16)21(22)23/h2-4,7,10-11,15H,5-6,8-9,12-13H2,1H3. The molecule has 0 saturated carbocycles. The van der Waals surface area contributed by atoms with E-state index in [1.165, 1.54) is 0 Å². The van der Waals surface area contributed by atoms with Crippen LogP contribution in [0.4, 0.5) is 5.69 Å². The van der Waals surface area contributed by atoms with E-state index in [-0.39, 0.29) is 10.6 Å².